The highest BCUT2D eigenvalue weighted by Gasteiger charge is 2.40. The average molecular weight is 433 g/mol. The van der Waals surface area contributed by atoms with Crippen molar-refractivity contribution >= 4 is 44.5 Å². The van der Waals surface area contributed by atoms with Crippen LogP contribution in [-0.4, -0.2) is 26.6 Å². The van der Waals surface area contributed by atoms with Crippen molar-refractivity contribution in [2.75, 3.05) is 4.90 Å². The quantitative estimate of drug-likeness (QED) is 0.445. The van der Waals surface area contributed by atoms with E-state index >= 15 is 0 Å². The van der Waals surface area contributed by atoms with Crippen molar-refractivity contribution in [1.82, 2.24) is 14.8 Å². The predicted molar refractivity (Wildman–Crippen MR) is 109 cm³/mol. The second-order valence-corrected chi connectivity index (χ2v) is 7.42. The molecule has 0 bridgehead atoms. The molecule has 0 radical (unpaired) electrons. The summed E-state index contributed by atoms with van der Waals surface area (Å²) < 4.78 is 2.51. The van der Waals surface area contributed by atoms with Crippen molar-refractivity contribution in [3.63, 3.8) is 0 Å². The van der Waals surface area contributed by atoms with Gasteiger partial charge < -0.3 is 0 Å². The molecule has 4 aromatic rings. The van der Waals surface area contributed by atoms with Crippen LogP contribution in [-0.2, 0) is 7.05 Å². The monoisotopic (exact) mass is 432 g/mol. The van der Waals surface area contributed by atoms with Crippen molar-refractivity contribution in [1.29, 1.82) is 0 Å². The van der Waals surface area contributed by atoms with Gasteiger partial charge in [0.15, 0.2) is 5.65 Å². The van der Waals surface area contributed by atoms with Crippen LogP contribution in [0.5, 0.6) is 0 Å². The molecule has 0 saturated heterocycles. The molecule has 0 spiro atoms. The van der Waals surface area contributed by atoms with Crippen LogP contribution in [0.2, 0.25) is 0 Å². The molecular formula is C21H13BrN4O2. The molecule has 0 aliphatic carbocycles. The van der Waals surface area contributed by atoms with Gasteiger partial charge in [-0.2, -0.15) is 5.10 Å². The lowest BCUT2D eigenvalue weighted by atomic mass is 10.0. The molecule has 1 aliphatic heterocycles. The Balaban J connectivity index is 1.77. The number of aryl methyl sites for hydroxylation is 1. The van der Waals surface area contributed by atoms with Gasteiger partial charge in [-0.1, -0.05) is 46.3 Å². The predicted octanol–water partition coefficient (Wildman–Crippen LogP) is 4.20. The van der Waals surface area contributed by atoms with Crippen LogP contribution in [0.1, 0.15) is 20.7 Å². The molecule has 6 nitrogen and oxygen atoms in total. The van der Waals surface area contributed by atoms with Gasteiger partial charge in [0.05, 0.1) is 22.2 Å². The molecule has 0 unspecified atom stereocenters. The first-order valence-corrected chi connectivity index (χ1v) is 9.41. The van der Waals surface area contributed by atoms with Gasteiger partial charge in [0.2, 0.25) is 0 Å². The van der Waals surface area contributed by atoms with Crippen LogP contribution >= 0.6 is 15.9 Å². The smallest absolute Gasteiger partial charge is 0.267 e. The Morgan fingerprint density at radius 2 is 1.64 bits per heavy atom. The molecule has 28 heavy (non-hydrogen) atoms. The summed E-state index contributed by atoms with van der Waals surface area (Å²) in [7, 11) is 1.78. The normalized spacial score (nSPS) is 13.4. The lowest BCUT2D eigenvalue weighted by Gasteiger charge is -2.13. The average Bonchev–Trinajstić information content (AvgIpc) is 3.18. The zero-order chi connectivity index (χ0) is 19.4. The summed E-state index contributed by atoms with van der Waals surface area (Å²) in [4.78, 5) is 32.0. The van der Waals surface area contributed by atoms with E-state index in [2.05, 4.69) is 26.0 Å². The maximum Gasteiger partial charge on any atom is 0.267 e. The van der Waals surface area contributed by atoms with Crippen molar-refractivity contribution < 1.29 is 9.59 Å². The lowest BCUT2D eigenvalue weighted by molar-refractivity contribution is 0.0926. The molecule has 2 aromatic heterocycles. The third-order valence-electron chi connectivity index (χ3n) is 4.83. The number of nitrogens with zero attached hydrogens (tertiary/aromatic N) is 4. The Morgan fingerprint density at radius 3 is 2.36 bits per heavy atom. The molecule has 5 rings (SSSR count). The number of rotatable bonds is 2. The number of imide groups is 1. The first kappa shape index (κ1) is 16.8. The summed E-state index contributed by atoms with van der Waals surface area (Å²) in [6, 6.07) is 16.7. The van der Waals surface area contributed by atoms with Crippen LogP contribution in [0.3, 0.4) is 0 Å². The summed E-state index contributed by atoms with van der Waals surface area (Å²) in [5.74, 6) is -0.737. The molecule has 136 valence electrons. The van der Waals surface area contributed by atoms with E-state index in [1.54, 1.807) is 36.0 Å². The number of hydrogen-bond donors (Lipinski definition) is 0. The SMILES string of the molecule is Cn1nc(-c2ccccc2)c2c3c(cnc21)C(=O)N(c1ccc(Br)cc1)C3=O. The van der Waals surface area contributed by atoms with Gasteiger partial charge in [0, 0.05) is 23.3 Å². The molecule has 0 fully saturated rings. The Bertz CT molecular complexity index is 1260. The number of hydrogen-bond acceptors (Lipinski definition) is 4. The number of carbonyl (C=O) groups is 2. The van der Waals surface area contributed by atoms with Crippen LogP contribution < -0.4 is 4.90 Å². The Hall–Kier alpha value is -3.32. The molecule has 3 heterocycles. The minimum Gasteiger partial charge on any atom is -0.268 e. The first-order valence-electron chi connectivity index (χ1n) is 8.62. The molecular weight excluding hydrogens is 420 g/mol. The van der Waals surface area contributed by atoms with Crippen molar-refractivity contribution in [2.24, 2.45) is 7.05 Å². The number of halogens is 1. The van der Waals surface area contributed by atoms with E-state index in [-0.39, 0.29) is 11.8 Å². The van der Waals surface area contributed by atoms with Gasteiger partial charge in [0.25, 0.3) is 11.8 Å². The van der Waals surface area contributed by atoms with Gasteiger partial charge >= 0.3 is 0 Å². The summed E-state index contributed by atoms with van der Waals surface area (Å²) in [6.07, 6.45) is 1.47. The molecule has 0 atom stereocenters. The van der Waals surface area contributed by atoms with Gasteiger partial charge in [-0.15, -0.1) is 0 Å². The highest BCUT2D eigenvalue weighted by atomic mass is 79.9. The number of fused-ring (bicyclic) bond motifs is 3. The minimum absolute atomic E-state index is 0.297. The maximum atomic E-state index is 13.3. The molecule has 2 aromatic carbocycles. The number of carbonyl (C=O) groups excluding carboxylic acids is 2. The third kappa shape index (κ3) is 2.33. The fourth-order valence-electron chi connectivity index (χ4n) is 3.55. The van der Waals surface area contributed by atoms with E-state index in [9.17, 15) is 9.59 Å². The Labute approximate surface area is 168 Å². The van der Waals surface area contributed by atoms with Crippen LogP contribution in [0.25, 0.3) is 22.3 Å². The Kier molecular flexibility index (Phi) is 3.67. The van der Waals surface area contributed by atoms with Gasteiger partial charge in [-0.3, -0.25) is 9.59 Å². The summed E-state index contributed by atoms with van der Waals surface area (Å²) in [5, 5.41) is 5.17. The van der Waals surface area contributed by atoms with E-state index in [1.165, 1.54) is 11.1 Å². The molecule has 2 amide bonds. The third-order valence-corrected chi connectivity index (χ3v) is 5.36. The number of pyridine rings is 1. The molecule has 1 aliphatic rings. The summed E-state index contributed by atoms with van der Waals surface area (Å²) in [6.45, 7) is 0. The van der Waals surface area contributed by atoms with Gasteiger partial charge in [-0.25, -0.2) is 14.6 Å². The number of anilines is 1. The van der Waals surface area contributed by atoms with Crippen LogP contribution in [0.15, 0.2) is 65.3 Å². The fourth-order valence-corrected chi connectivity index (χ4v) is 3.81. The number of aromatic nitrogens is 3. The van der Waals surface area contributed by atoms with Crippen LogP contribution in [0.4, 0.5) is 5.69 Å². The first-order chi connectivity index (χ1) is 13.6. The van der Waals surface area contributed by atoms with Crippen molar-refractivity contribution in [3.05, 3.63) is 76.4 Å². The molecule has 7 heteroatoms. The van der Waals surface area contributed by atoms with Crippen molar-refractivity contribution in [2.45, 2.75) is 0 Å². The van der Waals surface area contributed by atoms with Crippen LogP contribution in [0, 0.1) is 0 Å². The van der Waals surface area contributed by atoms with E-state index < -0.39 is 0 Å². The number of benzene rings is 2. The zero-order valence-electron chi connectivity index (χ0n) is 14.8. The van der Waals surface area contributed by atoms with E-state index in [0.717, 1.165) is 10.0 Å². The standard InChI is InChI=1S/C21H13BrN4O2/c1-25-19-17(18(24-25)12-5-3-2-4-6-12)16-15(11-23-19)20(27)26(21(16)28)14-9-7-13(22)8-10-14/h2-11H,1H3. The number of amides is 2. The highest BCUT2D eigenvalue weighted by molar-refractivity contribution is 9.10. The fraction of sp³-hybridized carbons (Fsp3) is 0.0476. The lowest BCUT2D eigenvalue weighted by Crippen LogP contribution is -2.29. The van der Waals surface area contributed by atoms with Crippen molar-refractivity contribution in [3.8, 4) is 11.3 Å². The maximum absolute atomic E-state index is 13.3. The molecule has 0 N–H and O–H groups in total. The second kappa shape index (κ2) is 6.10. The summed E-state index contributed by atoms with van der Waals surface area (Å²) >= 11 is 3.37. The summed E-state index contributed by atoms with van der Waals surface area (Å²) in [5.41, 5.74) is 3.24. The largest absolute Gasteiger partial charge is 0.268 e. The zero-order valence-corrected chi connectivity index (χ0v) is 16.3. The van der Waals surface area contributed by atoms with Gasteiger partial charge in [-0.05, 0) is 24.3 Å². The Morgan fingerprint density at radius 1 is 0.929 bits per heavy atom. The minimum atomic E-state index is -0.375. The topological polar surface area (TPSA) is 68.1 Å². The molecule has 0 saturated carbocycles. The van der Waals surface area contributed by atoms with E-state index in [4.69, 9.17) is 0 Å². The van der Waals surface area contributed by atoms with Gasteiger partial charge in [0.1, 0.15) is 5.69 Å². The van der Waals surface area contributed by atoms with E-state index in [0.29, 0.717) is 33.5 Å². The second-order valence-electron chi connectivity index (χ2n) is 6.51. The van der Waals surface area contributed by atoms with E-state index in [1.807, 2.05) is 30.3 Å². The highest BCUT2D eigenvalue weighted by Crippen LogP contribution is 2.37.